The van der Waals surface area contributed by atoms with Crippen LogP contribution in [0.2, 0.25) is 0 Å². The topological polar surface area (TPSA) is 0 Å². The lowest BCUT2D eigenvalue weighted by Gasteiger charge is -2.12. The van der Waals surface area contributed by atoms with E-state index in [1.165, 1.54) is 56.9 Å². The molecule has 0 aromatic heterocycles. The summed E-state index contributed by atoms with van der Waals surface area (Å²) in [5, 5.41) is 0. The number of hydrogen-bond acceptors (Lipinski definition) is 0. The molecule has 1 aliphatic rings. The first kappa shape index (κ1) is 17.0. The van der Waals surface area contributed by atoms with Gasteiger partial charge in [-0.05, 0) is 50.9 Å². The van der Waals surface area contributed by atoms with Crippen LogP contribution in [0.4, 0.5) is 0 Å². The van der Waals surface area contributed by atoms with E-state index in [1.807, 2.05) is 0 Å². The smallest absolute Gasteiger partial charge is 0.0141 e. The van der Waals surface area contributed by atoms with Gasteiger partial charge in [-0.25, -0.2) is 0 Å². The summed E-state index contributed by atoms with van der Waals surface area (Å²) in [5.74, 6) is 0.780. The number of rotatable bonds is 10. The van der Waals surface area contributed by atoms with E-state index < -0.39 is 0 Å². The summed E-state index contributed by atoms with van der Waals surface area (Å²) in [6.07, 6.45) is 26.4. The minimum Gasteiger partial charge on any atom is -0.0995 e. The molecule has 1 atom stereocenters. The zero-order valence-corrected chi connectivity index (χ0v) is 13.3. The van der Waals surface area contributed by atoms with E-state index in [2.05, 4.69) is 50.0 Å². The monoisotopic (exact) mass is 272 g/mol. The van der Waals surface area contributed by atoms with Crippen LogP contribution in [0.15, 0.2) is 48.6 Å². The molecule has 0 aromatic carbocycles. The Morgan fingerprint density at radius 1 is 1.15 bits per heavy atom. The van der Waals surface area contributed by atoms with Crippen LogP contribution in [0.25, 0.3) is 0 Å². The van der Waals surface area contributed by atoms with Crippen molar-refractivity contribution < 1.29 is 0 Å². The largest absolute Gasteiger partial charge is 0.0995 e. The van der Waals surface area contributed by atoms with Crippen LogP contribution in [-0.4, -0.2) is 0 Å². The molecule has 0 spiro atoms. The summed E-state index contributed by atoms with van der Waals surface area (Å²) in [6.45, 7) is 6.43. The van der Waals surface area contributed by atoms with Crippen LogP contribution < -0.4 is 0 Å². The first-order valence-corrected chi connectivity index (χ1v) is 8.46. The van der Waals surface area contributed by atoms with Gasteiger partial charge in [-0.1, -0.05) is 74.8 Å². The van der Waals surface area contributed by atoms with Crippen molar-refractivity contribution in [3.63, 3.8) is 0 Å². The van der Waals surface area contributed by atoms with Gasteiger partial charge in [0, 0.05) is 0 Å². The Kier molecular flexibility index (Phi) is 10.0. The summed E-state index contributed by atoms with van der Waals surface area (Å²) in [6, 6.07) is 0. The first-order chi connectivity index (χ1) is 9.83. The summed E-state index contributed by atoms with van der Waals surface area (Å²) >= 11 is 0. The van der Waals surface area contributed by atoms with Crippen molar-refractivity contribution in [2.24, 2.45) is 5.92 Å². The maximum absolute atomic E-state index is 4.17. The minimum atomic E-state index is 0.780. The van der Waals surface area contributed by atoms with Crippen LogP contribution in [0.1, 0.15) is 71.1 Å². The van der Waals surface area contributed by atoms with Gasteiger partial charge in [0.05, 0.1) is 0 Å². The second kappa shape index (κ2) is 11.8. The second-order valence-corrected chi connectivity index (χ2v) is 5.94. The van der Waals surface area contributed by atoms with E-state index in [9.17, 15) is 0 Å². The number of hydrogen-bond donors (Lipinski definition) is 0. The summed E-state index contributed by atoms with van der Waals surface area (Å²) in [5.41, 5.74) is 1.39. The van der Waals surface area contributed by atoms with Crippen LogP contribution in [0.3, 0.4) is 0 Å². The zero-order chi connectivity index (χ0) is 14.5. The maximum atomic E-state index is 4.17. The van der Waals surface area contributed by atoms with Crippen molar-refractivity contribution >= 4 is 0 Å². The molecule has 1 aliphatic carbocycles. The number of allylic oxidation sites excluding steroid dienone is 7. The van der Waals surface area contributed by atoms with E-state index in [1.54, 1.807) is 0 Å². The van der Waals surface area contributed by atoms with Crippen molar-refractivity contribution in [2.45, 2.75) is 71.1 Å². The van der Waals surface area contributed by atoms with E-state index in [-0.39, 0.29) is 0 Å². The van der Waals surface area contributed by atoms with Crippen LogP contribution in [0.5, 0.6) is 0 Å². The highest BCUT2D eigenvalue weighted by Gasteiger charge is 2.04. The quantitative estimate of drug-likeness (QED) is 0.304. The summed E-state index contributed by atoms with van der Waals surface area (Å²) < 4.78 is 0. The van der Waals surface area contributed by atoms with Crippen molar-refractivity contribution in [3.05, 3.63) is 48.6 Å². The Balaban J connectivity index is 2.02. The third kappa shape index (κ3) is 8.96. The minimum absolute atomic E-state index is 0.780. The van der Waals surface area contributed by atoms with Gasteiger partial charge in [0.1, 0.15) is 0 Å². The van der Waals surface area contributed by atoms with Crippen molar-refractivity contribution in [2.75, 3.05) is 0 Å². The van der Waals surface area contributed by atoms with Gasteiger partial charge in [0.2, 0.25) is 0 Å². The van der Waals surface area contributed by atoms with E-state index in [0.717, 1.165) is 18.8 Å². The number of unbranched alkanes of at least 4 members (excludes halogenated alkanes) is 3. The fourth-order valence-corrected chi connectivity index (χ4v) is 2.59. The second-order valence-electron chi connectivity index (χ2n) is 5.94. The Morgan fingerprint density at radius 2 is 2.05 bits per heavy atom. The molecule has 112 valence electrons. The molecule has 0 heteroatoms. The maximum Gasteiger partial charge on any atom is -0.0141 e. The van der Waals surface area contributed by atoms with Gasteiger partial charge >= 0.3 is 0 Å². The van der Waals surface area contributed by atoms with Gasteiger partial charge in [-0.2, -0.15) is 0 Å². The third-order valence-electron chi connectivity index (χ3n) is 3.95. The van der Waals surface area contributed by atoms with Crippen LogP contribution in [0, 0.1) is 5.92 Å². The predicted octanol–water partition coefficient (Wildman–Crippen LogP) is 6.76. The highest BCUT2D eigenvalue weighted by Crippen LogP contribution is 2.19. The zero-order valence-electron chi connectivity index (χ0n) is 13.3. The molecule has 0 amide bonds. The lowest BCUT2D eigenvalue weighted by Crippen LogP contribution is -1.97. The third-order valence-corrected chi connectivity index (χ3v) is 3.95. The molecule has 0 nitrogen and oxygen atoms in total. The highest BCUT2D eigenvalue weighted by molar-refractivity contribution is 5.05. The Hall–Kier alpha value is -1.04. The van der Waals surface area contributed by atoms with E-state index >= 15 is 0 Å². The van der Waals surface area contributed by atoms with Gasteiger partial charge < -0.3 is 0 Å². The molecule has 0 heterocycles. The standard InChI is InChI=1S/C20H32/c1-3-4-5-9-14-19(2)15-10-6-7-11-16-20-17-12-8-13-18-20/h6,8,10-12,16,20H,2-5,7,9,13-15,17-18H2,1H3/b10-6-,16-11+. The molecule has 0 radical (unpaired) electrons. The normalized spacial score (nSPS) is 19.1. The lowest BCUT2D eigenvalue weighted by atomic mass is 9.94. The average Bonchev–Trinajstić information content (AvgIpc) is 2.48. The first-order valence-electron chi connectivity index (χ1n) is 8.46. The van der Waals surface area contributed by atoms with E-state index in [0.29, 0.717) is 0 Å². The molecule has 0 aliphatic heterocycles. The molecule has 0 saturated heterocycles. The van der Waals surface area contributed by atoms with Gasteiger partial charge in [0.15, 0.2) is 0 Å². The van der Waals surface area contributed by atoms with Gasteiger partial charge in [-0.15, -0.1) is 0 Å². The lowest BCUT2D eigenvalue weighted by molar-refractivity contribution is 0.582. The Labute approximate surface area is 126 Å². The fourth-order valence-electron chi connectivity index (χ4n) is 2.59. The molecule has 0 saturated carbocycles. The van der Waals surface area contributed by atoms with Crippen LogP contribution >= 0.6 is 0 Å². The molecule has 20 heavy (non-hydrogen) atoms. The summed E-state index contributed by atoms with van der Waals surface area (Å²) in [7, 11) is 0. The van der Waals surface area contributed by atoms with E-state index in [4.69, 9.17) is 0 Å². The molecular weight excluding hydrogens is 240 g/mol. The SMILES string of the molecule is C=C(C/C=C\C/C=C/C1CC=CCC1)CCCCCC. The molecule has 1 rings (SSSR count). The summed E-state index contributed by atoms with van der Waals surface area (Å²) in [4.78, 5) is 0. The molecule has 0 N–H and O–H groups in total. The van der Waals surface area contributed by atoms with Crippen LogP contribution in [-0.2, 0) is 0 Å². The molecule has 0 fully saturated rings. The predicted molar refractivity (Wildman–Crippen MR) is 91.9 cm³/mol. The molecule has 1 unspecified atom stereocenters. The Morgan fingerprint density at radius 3 is 2.80 bits per heavy atom. The molecule has 0 aromatic rings. The fraction of sp³-hybridized carbons (Fsp3) is 0.600. The highest BCUT2D eigenvalue weighted by atomic mass is 14.1. The van der Waals surface area contributed by atoms with Crippen molar-refractivity contribution in [3.8, 4) is 0 Å². The molecule has 0 bridgehead atoms. The molecular formula is C20H32. The van der Waals surface area contributed by atoms with Gasteiger partial charge in [0.25, 0.3) is 0 Å². The van der Waals surface area contributed by atoms with Crippen molar-refractivity contribution in [1.29, 1.82) is 0 Å². The van der Waals surface area contributed by atoms with Gasteiger partial charge in [-0.3, -0.25) is 0 Å². The van der Waals surface area contributed by atoms with Crippen molar-refractivity contribution in [1.82, 2.24) is 0 Å². The Bertz CT molecular complexity index is 330. The average molecular weight is 272 g/mol.